The first kappa shape index (κ1) is 20.9. The zero-order chi connectivity index (χ0) is 23.1. The largest absolute Gasteiger partial charge is 0.454 e. The lowest BCUT2D eigenvalue weighted by Crippen LogP contribution is -2.28. The predicted octanol–water partition coefficient (Wildman–Crippen LogP) is 4.00. The number of amides is 1. The number of carbonyl (C=O) groups excluding carboxylic acids is 2. The van der Waals surface area contributed by atoms with Crippen LogP contribution in [0, 0.1) is 6.92 Å². The van der Waals surface area contributed by atoms with E-state index in [9.17, 15) is 14.4 Å². The molecule has 3 heterocycles. The van der Waals surface area contributed by atoms with Crippen molar-refractivity contribution in [2.24, 2.45) is 0 Å². The summed E-state index contributed by atoms with van der Waals surface area (Å²) in [7, 11) is 0. The van der Waals surface area contributed by atoms with Gasteiger partial charge in [-0.1, -0.05) is 29.8 Å². The number of anilines is 1. The highest BCUT2D eigenvalue weighted by Gasteiger charge is 2.21. The van der Waals surface area contributed by atoms with E-state index in [1.54, 1.807) is 12.1 Å². The van der Waals surface area contributed by atoms with Crippen LogP contribution < -0.4 is 20.3 Å². The molecule has 4 aromatic rings. The fourth-order valence-electron chi connectivity index (χ4n) is 3.71. The number of nitrogens with zero attached hydrogens (tertiary/aromatic N) is 2. The van der Waals surface area contributed by atoms with E-state index in [4.69, 9.17) is 9.47 Å². The quantitative estimate of drug-likeness (QED) is 0.451. The van der Waals surface area contributed by atoms with Crippen LogP contribution >= 0.6 is 11.3 Å². The van der Waals surface area contributed by atoms with E-state index in [1.165, 1.54) is 29.2 Å². The molecule has 0 fully saturated rings. The first-order valence-electron chi connectivity index (χ1n) is 10.2. The Labute approximate surface area is 192 Å². The van der Waals surface area contributed by atoms with Gasteiger partial charge in [-0.25, -0.2) is 4.98 Å². The van der Waals surface area contributed by atoms with Crippen LogP contribution in [0.1, 0.15) is 22.8 Å². The summed E-state index contributed by atoms with van der Waals surface area (Å²) in [6, 6.07) is 11.0. The molecule has 8 nitrogen and oxygen atoms in total. The summed E-state index contributed by atoms with van der Waals surface area (Å²) in [5.74, 6) is 0.193. The molecule has 0 aliphatic carbocycles. The molecule has 0 atom stereocenters. The Morgan fingerprint density at radius 1 is 1.15 bits per heavy atom. The Morgan fingerprint density at radius 2 is 1.88 bits per heavy atom. The number of benzene rings is 2. The Morgan fingerprint density at radius 3 is 2.61 bits per heavy atom. The fourth-order valence-corrected chi connectivity index (χ4v) is 4.61. The van der Waals surface area contributed by atoms with Crippen molar-refractivity contribution >= 4 is 38.9 Å². The number of aryl methyl sites for hydroxylation is 1. The lowest BCUT2D eigenvalue weighted by Gasteiger charge is -2.11. The Bertz CT molecular complexity index is 1470. The molecule has 33 heavy (non-hydrogen) atoms. The van der Waals surface area contributed by atoms with E-state index >= 15 is 0 Å². The van der Waals surface area contributed by atoms with Crippen molar-refractivity contribution in [2.45, 2.75) is 20.4 Å². The number of hydrogen-bond acceptors (Lipinski definition) is 7. The van der Waals surface area contributed by atoms with Crippen LogP contribution in [0.25, 0.3) is 21.3 Å². The highest BCUT2D eigenvalue weighted by atomic mass is 32.1. The summed E-state index contributed by atoms with van der Waals surface area (Å²) >= 11 is 1.39. The smallest absolute Gasteiger partial charge is 0.263 e. The third-order valence-electron chi connectivity index (χ3n) is 5.40. The topological polar surface area (TPSA) is 99.5 Å². The summed E-state index contributed by atoms with van der Waals surface area (Å²) in [6.07, 6.45) is 1.37. The average molecular weight is 461 g/mol. The van der Waals surface area contributed by atoms with Gasteiger partial charge in [0.15, 0.2) is 17.3 Å². The van der Waals surface area contributed by atoms with Gasteiger partial charge in [0.05, 0.1) is 17.4 Å². The molecule has 0 spiro atoms. The summed E-state index contributed by atoms with van der Waals surface area (Å²) in [5.41, 5.74) is 3.13. The molecule has 0 saturated heterocycles. The highest BCUT2D eigenvalue weighted by molar-refractivity contribution is 7.17. The summed E-state index contributed by atoms with van der Waals surface area (Å²) < 4.78 is 11.9. The molecule has 5 rings (SSSR count). The van der Waals surface area contributed by atoms with Gasteiger partial charge in [0.2, 0.25) is 12.7 Å². The van der Waals surface area contributed by atoms with Crippen molar-refractivity contribution in [1.29, 1.82) is 0 Å². The number of fused-ring (bicyclic) bond motifs is 2. The van der Waals surface area contributed by atoms with Crippen molar-refractivity contribution in [1.82, 2.24) is 9.55 Å². The molecule has 166 valence electrons. The summed E-state index contributed by atoms with van der Waals surface area (Å²) in [4.78, 5) is 43.1. The minimum Gasteiger partial charge on any atom is -0.454 e. The SMILES string of the molecule is CC(=O)c1cc2c(cc1NC(=O)Cn1cnc3scc(-c4ccc(C)cc4)c3c1=O)OCO2. The average Bonchev–Trinajstić information content (AvgIpc) is 3.42. The van der Waals surface area contributed by atoms with Gasteiger partial charge in [-0.2, -0.15) is 0 Å². The number of ether oxygens (including phenoxy) is 2. The molecule has 2 aromatic heterocycles. The number of ketones is 1. The van der Waals surface area contributed by atoms with Gasteiger partial charge in [0, 0.05) is 22.6 Å². The number of Topliss-reactive ketones (excluding diaryl/α,β-unsaturated/α-hetero) is 1. The van der Waals surface area contributed by atoms with Crippen LogP contribution in [-0.2, 0) is 11.3 Å². The normalized spacial score (nSPS) is 12.2. The van der Waals surface area contributed by atoms with Crippen LogP contribution in [0.15, 0.2) is 52.9 Å². The zero-order valence-electron chi connectivity index (χ0n) is 17.9. The van der Waals surface area contributed by atoms with Crippen molar-refractivity contribution in [2.75, 3.05) is 12.1 Å². The Balaban J connectivity index is 1.45. The van der Waals surface area contributed by atoms with Crippen molar-refractivity contribution < 1.29 is 19.1 Å². The molecular weight excluding hydrogens is 442 g/mol. The minimum absolute atomic E-state index is 0.0507. The third-order valence-corrected chi connectivity index (χ3v) is 6.29. The molecule has 1 amide bonds. The maximum atomic E-state index is 13.2. The number of hydrogen-bond donors (Lipinski definition) is 1. The number of thiophene rings is 1. The highest BCUT2D eigenvalue weighted by Crippen LogP contribution is 2.37. The number of rotatable bonds is 5. The predicted molar refractivity (Wildman–Crippen MR) is 125 cm³/mol. The second kappa shape index (κ2) is 8.18. The van der Waals surface area contributed by atoms with Gasteiger partial charge in [0.1, 0.15) is 11.4 Å². The fraction of sp³-hybridized carbons (Fsp3) is 0.167. The van der Waals surface area contributed by atoms with Crippen LogP contribution in [-0.4, -0.2) is 28.0 Å². The molecule has 2 aromatic carbocycles. The Kier molecular flexibility index (Phi) is 5.18. The third kappa shape index (κ3) is 3.87. The van der Waals surface area contributed by atoms with E-state index < -0.39 is 5.91 Å². The molecule has 1 N–H and O–H groups in total. The molecule has 1 aliphatic heterocycles. The molecule has 0 unspecified atom stereocenters. The maximum Gasteiger partial charge on any atom is 0.263 e. The van der Waals surface area contributed by atoms with Gasteiger partial charge < -0.3 is 14.8 Å². The monoisotopic (exact) mass is 461 g/mol. The molecule has 0 bridgehead atoms. The van der Waals surface area contributed by atoms with E-state index in [0.717, 1.165) is 16.7 Å². The van der Waals surface area contributed by atoms with Crippen LogP contribution in [0.2, 0.25) is 0 Å². The lowest BCUT2D eigenvalue weighted by molar-refractivity contribution is -0.116. The van der Waals surface area contributed by atoms with Crippen LogP contribution in [0.3, 0.4) is 0 Å². The van der Waals surface area contributed by atoms with Gasteiger partial charge in [0.25, 0.3) is 5.56 Å². The summed E-state index contributed by atoms with van der Waals surface area (Å²) in [6.45, 7) is 3.20. The summed E-state index contributed by atoms with van der Waals surface area (Å²) in [5, 5.41) is 5.09. The molecular formula is C24H19N3O5S. The van der Waals surface area contributed by atoms with Gasteiger partial charge >= 0.3 is 0 Å². The zero-order valence-corrected chi connectivity index (χ0v) is 18.7. The van der Waals surface area contributed by atoms with E-state index in [0.29, 0.717) is 33.0 Å². The van der Waals surface area contributed by atoms with Crippen molar-refractivity contribution in [3.8, 4) is 22.6 Å². The Hall–Kier alpha value is -3.98. The standard InChI is InChI=1S/C24H19N3O5S/c1-13-3-5-15(6-4-13)17-10-33-23-22(17)24(30)27(11-25-23)9-21(29)26-18-8-20-19(31-12-32-20)7-16(18)14(2)28/h3-8,10-11H,9,12H2,1-2H3,(H,26,29). The minimum atomic E-state index is -0.466. The van der Waals surface area contributed by atoms with E-state index in [1.807, 2.05) is 36.6 Å². The van der Waals surface area contributed by atoms with Gasteiger partial charge in [-0.15, -0.1) is 11.3 Å². The molecule has 0 radical (unpaired) electrons. The van der Waals surface area contributed by atoms with Crippen molar-refractivity contribution in [3.63, 3.8) is 0 Å². The van der Waals surface area contributed by atoms with Gasteiger partial charge in [-0.3, -0.25) is 19.0 Å². The molecule has 1 aliphatic rings. The number of aromatic nitrogens is 2. The second-order valence-corrected chi connectivity index (χ2v) is 8.59. The van der Waals surface area contributed by atoms with Crippen LogP contribution in [0.4, 0.5) is 5.69 Å². The number of carbonyl (C=O) groups is 2. The molecule has 9 heteroatoms. The van der Waals surface area contributed by atoms with Crippen molar-refractivity contribution in [3.05, 3.63) is 69.6 Å². The van der Waals surface area contributed by atoms with E-state index in [-0.39, 0.29) is 24.7 Å². The first-order chi connectivity index (χ1) is 15.9. The maximum absolute atomic E-state index is 13.2. The van der Waals surface area contributed by atoms with Gasteiger partial charge in [-0.05, 0) is 25.5 Å². The second-order valence-electron chi connectivity index (χ2n) is 7.73. The number of nitrogens with one attached hydrogen (secondary N) is 1. The first-order valence-corrected chi connectivity index (χ1v) is 11.1. The van der Waals surface area contributed by atoms with E-state index in [2.05, 4.69) is 10.3 Å². The molecule has 0 saturated carbocycles. The lowest BCUT2D eigenvalue weighted by atomic mass is 10.1. The van der Waals surface area contributed by atoms with Crippen LogP contribution in [0.5, 0.6) is 11.5 Å².